The van der Waals surface area contributed by atoms with Crippen LogP contribution in [0.4, 0.5) is 0 Å². The molecule has 0 spiro atoms. The number of methoxy groups -OCH3 is 1. The Kier molecular flexibility index (Phi) is 2.00. The first-order valence-corrected chi connectivity index (χ1v) is 4.57. The molecule has 0 saturated heterocycles. The summed E-state index contributed by atoms with van der Waals surface area (Å²) < 4.78 is 5.11. The number of aliphatic hydroxyl groups excluding tert-OH is 1. The van der Waals surface area contributed by atoms with Crippen molar-refractivity contribution >= 4 is 0 Å². The van der Waals surface area contributed by atoms with E-state index in [1.807, 2.05) is 18.2 Å². The number of rotatable bonds is 1. The van der Waals surface area contributed by atoms with E-state index in [9.17, 15) is 5.11 Å². The Morgan fingerprint density at radius 1 is 1.46 bits per heavy atom. The van der Waals surface area contributed by atoms with Crippen LogP contribution in [0.25, 0.3) is 0 Å². The van der Waals surface area contributed by atoms with Crippen LogP contribution in [0.3, 0.4) is 0 Å². The average molecular weight is 178 g/mol. The van der Waals surface area contributed by atoms with Crippen LogP contribution in [0.15, 0.2) is 18.2 Å². The summed E-state index contributed by atoms with van der Waals surface area (Å²) >= 11 is 0. The van der Waals surface area contributed by atoms with Gasteiger partial charge >= 0.3 is 0 Å². The molecule has 1 N–H and O–H groups in total. The lowest BCUT2D eigenvalue weighted by molar-refractivity contribution is 0.132. The van der Waals surface area contributed by atoms with E-state index in [1.165, 1.54) is 5.56 Å². The standard InChI is InChI=1S/C11H14O2/c1-7-5-8-3-4-9(13-2)6-10(8)11(7)12/h3-4,6-7,11-12H,5H2,1-2H3. The lowest BCUT2D eigenvalue weighted by atomic mass is 10.1. The molecular formula is C11H14O2. The molecule has 2 rings (SSSR count). The minimum absolute atomic E-state index is 0.315. The van der Waals surface area contributed by atoms with Gasteiger partial charge in [0.15, 0.2) is 0 Å². The van der Waals surface area contributed by atoms with Gasteiger partial charge in [-0.3, -0.25) is 0 Å². The topological polar surface area (TPSA) is 29.5 Å². The Balaban J connectivity index is 2.42. The zero-order chi connectivity index (χ0) is 9.42. The second kappa shape index (κ2) is 3.04. The van der Waals surface area contributed by atoms with E-state index >= 15 is 0 Å². The molecule has 0 radical (unpaired) electrons. The first-order chi connectivity index (χ1) is 6.22. The molecular weight excluding hydrogens is 164 g/mol. The van der Waals surface area contributed by atoms with Crippen molar-refractivity contribution in [3.05, 3.63) is 29.3 Å². The number of hydrogen-bond donors (Lipinski definition) is 1. The average Bonchev–Trinajstić information content (AvgIpc) is 2.43. The van der Waals surface area contributed by atoms with Gasteiger partial charge in [-0.25, -0.2) is 0 Å². The van der Waals surface area contributed by atoms with Crippen LogP contribution in [0.2, 0.25) is 0 Å². The highest BCUT2D eigenvalue weighted by molar-refractivity contribution is 5.40. The Labute approximate surface area is 78.2 Å². The maximum atomic E-state index is 9.81. The smallest absolute Gasteiger partial charge is 0.119 e. The van der Waals surface area contributed by atoms with Crippen molar-refractivity contribution < 1.29 is 9.84 Å². The number of benzene rings is 1. The number of ether oxygens (including phenoxy) is 1. The predicted octanol–water partition coefficient (Wildman–Crippen LogP) is 1.92. The van der Waals surface area contributed by atoms with Gasteiger partial charge in [-0.2, -0.15) is 0 Å². The van der Waals surface area contributed by atoms with Gasteiger partial charge in [0.05, 0.1) is 13.2 Å². The van der Waals surface area contributed by atoms with Gasteiger partial charge in [-0.15, -0.1) is 0 Å². The van der Waals surface area contributed by atoms with Crippen molar-refractivity contribution in [2.45, 2.75) is 19.4 Å². The van der Waals surface area contributed by atoms with Crippen molar-refractivity contribution in [1.29, 1.82) is 0 Å². The van der Waals surface area contributed by atoms with Crippen LogP contribution < -0.4 is 4.74 Å². The van der Waals surface area contributed by atoms with Crippen LogP contribution in [-0.2, 0) is 6.42 Å². The molecule has 70 valence electrons. The van der Waals surface area contributed by atoms with Crippen molar-refractivity contribution in [3.8, 4) is 5.75 Å². The summed E-state index contributed by atoms with van der Waals surface area (Å²) in [5, 5.41) is 9.81. The third-order valence-electron chi connectivity index (χ3n) is 2.75. The van der Waals surface area contributed by atoms with Gasteiger partial charge in [-0.05, 0) is 35.6 Å². The van der Waals surface area contributed by atoms with Gasteiger partial charge in [0.1, 0.15) is 5.75 Å². The molecule has 1 aliphatic carbocycles. The van der Waals surface area contributed by atoms with Gasteiger partial charge in [0, 0.05) is 0 Å². The highest BCUT2D eigenvalue weighted by Gasteiger charge is 2.27. The molecule has 0 aromatic heterocycles. The highest BCUT2D eigenvalue weighted by atomic mass is 16.5. The zero-order valence-electron chi connectivity index (χ0n) is 7.95. The lowest BCUT2D eigenvalue weighted by Gasteiger charge is -2.09. The lowest BCUT2D eigenvalue weighted by Crippen LogP contribution is -2.01. The Hall–Kier alpha value is -1.02. The molecule has 0 fully saturated rings. The maximum Gasteiger partial charge on any atom is 0.119 e. The quantitative estimate of drug-likeness (QED) is 0.712. The summed E-state index contributed by atoms with van der Waals surface area (Å²) in [5.41, 5.74) is 2.28. The second-order valence-corrected chi connectivity index (χ2v) is 3.69. The second-order valence-electron chi connectivity index (χ2n) is 3.69. The molecule has 0 bridgehead atoms. The molecule has 1 aromatic carbocycles. The fourth-order valence-corrected chi connectivity index (χ4v) is 1.93. The Bertz CT molecular complexity index is 320. The maximum absolute atomic E-state index is 9.81. The summed E-state index contributed by atoms with van der Waals surface area (Å²) in [6.45, 7) is 2.07. The minimum Gasteiger partial charge on any atom is -0.497 e. The van der Waals surface area contributed by atoms with Crippen LogP contribution in [-0.4, -0.2) is 12.2 Å². The molecule has 2 unspecified atom stereocenters. The number of fused-ring (bicyclic) bond motifs is 1. The van der Waals surface area contributed by atoms with Gasteiger partial charge in [0.25, 0.3) is 0 Å². The van der Waals surface area contributed by atoms with E-state index in [4.69, 9.17) is 4.74 Å². The van der Waals surface area contributed by atoms with Crippen molar-refractivity contribution in [1.82, 2.24) is 0 Å². The summed E-state index contributed by atoms with van der Waals surface area (Å²) in [7, 11) is 1.65. The SMILES string of the molecule is COc1ccc2c(c1)C(O)C(C)C2. The van der Waals surface area contributed by atoms with E-state index in [-0.39, 0.29) is 6.10 Å². The first kappa shape index (κ1) is 8.57. The summed E-state index contributed by atoms with van der Waals surface area (Å²) in [4.78, 5) is 0. The molecule has 2 nitrogen and oxygen atoms in total. The molecule has 1 aliphatic rings. The third kappa shape index (κ3) is 1.31. The van der Waals surface area contributed by atoms with E-state index < -0.39 is 0 Å². The van der Waals surface area contributed by atoms with E-state index in [0.29, 0.717) is 5.92 Å². The Morgan fingerprint density at radius 3 is 2.92 bits per heavy atom. The van der Waals surface area contributed by atoms with Crippen LogP contribution in [0, 0.1) is 5.92 Å². The first-order valence-electron chi connectivity index (χ1n) is 4.57. The molecule has 0 saturated carbocycles. The van der Waals surface area contributed by atoms with Crippen LogP contribution in [0.1, 0.15) is 24.2 Å². The molecule has 2 heteroatoms. The molecule has 0 aliphatic heterocycles. The van der Waals surface area contributed by atoms with Crippen molar-refractivity contribution in [3.63, 3.8) is 0 Å². The summed E-state index contributed by atoms with van der Waals surface area (Å²) in [5.74, 6) is 1.16. The molecule has 13 heavy (non-hydrogen) atoms. The van der Waals surface area contributed by atoms with E-state index in [2.05, 4.69) is 6.92 Å². The third-order valence-corrected chi connectivity index (χ3v) is 2.75. The monoisotopic (exact) mass is 178 g/mol. The fourth-order valence-electron chi connectivity index (χ4n) is 1.93. The minimum atomic E-state index is -0.315. The molecule has 1 aromatic rings. The predicted molar refractivity (Wildman–Crippen MR) is 50.8 cm³/mol. The number of hydrogen-bond acceptors (Lipinski definition) is 2. The molecule has 2 atom stereocenters. The van der Waals surface area contributed by atoms with Gasteiger partial charge in [0.2, 0.25) is 0 Å². The van der Waals surface area contributed by atoms with Gasteiger partial charge in [-0.1, -0.05) is 13.0 Å². The molecule has 0 heterocycles. The van der Waals surface area contributed by atoms with E-state index in [0.717, 1.165) is 17.7 Å². The Morgan fingerprint density at radius 2 is 2.23 bits per heavy atom. The fraction of sp³-hybridized carbons (Fsp3) is 0.455. The largest absolute Gasteiger partial charge is 0.497 e. The normalized spacial score (nSPS) is 25.8. The number of aliphatic hydroxyl groups is 1. The van der Waals surface area contributed by atoms with Crippen LogP contribution in [0.5, 0.6) is 5.75 Å². The summed E-state index contributed by atoms with van der Waals surface area (Å²) in [6, 6.07) is 5.92. The van der Waals surface area contributed by atoms with Crippen molar-refractivity contribution in [2.75, 3.05) is 7.11 Å². The zero-order valence-corrected chi connectivity index (χ0v) is 7.95. The van der Waals surface area contributed by atoms with Crippen molar-refractivity contribution in [2.24, 2.45) is 5.92 Å². The van der Waals surface area contributed by atoms with Gasteiger partial charge < -0.3 is 9.84 Å². The van der Waals surface area contributed by atoms with E-state index in [1.54, 1.807) is 7.11 Å². The van der Waals surface area contributed by atoms with Crippen LogP contribution >= 0.6 is 0 Å². The molecule has 0 amide bonds. The highest BCUT2D eigenvalue weighted by Crippen LogP contribution is 2.37. The summed E-state index contributed by atoms with van der Waals surface area (Å²) in [6.07, 6.45) is 0.658.